The van der Waals surface area contributed by atoms with E-state index >= 15 is 0 Å². The summed E-state index contributed by atoms with van der Waals surface area (Å²) in [4.78, 5) is 2.21. The minimum atomic E-state index is 0.826. The van der Waals surface area contributed by atoms with E-state index in [-0.39, 0.29) is 0 Å². The van der Waals surface area contributed by atoms with Crippen LogP contribution >= 0.6 is 12.6 Å². The van der Waals surface area contributed by atoms with E-state index < -0.39 is 0 Å². The van der Waals surface area contributed by atoms with Crippen LogP contribution in [0.1, 0.15) is 18.1 Å². The lowest BCUT2D eigenvalue weighted by Crippen LogP contribution is -2.19. The van der Waals surface area contributed by atoms with Crippen molar-refractivity contribution < 1.29 is 0 Å². The van der Waals surface area contributed by atoms with Gasteiger partial charge in [0.2, 0.25) is 0 Å². The highest BCUT2D eigenvalue weighted by Gasteiger charge is 1.97. The fraction of sp³-hybridized carbons (Fsp3) is 0.500. The molecule has 0 unspecified atom stereocenters. The zero-order valence-corrected chi connectivity index (χ0v) is 9.93. The Morgan fingerprint density at radius 2 is 1.71 bits per heavy atom. The molecule has 0 amide bonds. The molecule has 1 aromatic rings. The molecule has 0 saturated heterocycles. The maximum atomic E-state index is 4.22. The van der Waals surface area contributed by atoms with Crippen molar-refractivity contribution in [2.45, 2.75) is 19.8 Å². The van der Waals surface area contributed by atoms with Crippen molar-refractivity contribution in [3.63, 3.8) is 0 Å². The van der Waals surface area contributed by atoms with E-state index in [2.05, 4.69) is 55.8 Å². The minimum absolute atomic E-state index is 0.826. The molecule has 0 bridgehead atoms. The lowest BCUT2D eigenvalue weighted by molar-refractivity contribution is 0.399. The van der Waals surface area contributed by atoms with Crippen molar-refractivity contribution in [2.75, 3.05) is 19.5 Å². The zero-order valence-electron chi connectivity index (χ0n) is 9.03. The lowest BCUT2D eigenvalue weighted by Gasteiger charge is -2.12. The van der Waals surface area contributed by atoms with Crippen LogP contribution in [0.3, 0.4) is 0 Å². The Morgan fingerprint density at radius 3 is 2.21 bits per heavy atom. The van der Waals surface area contributed by atoms with Crippen LogP contribution < -0.4 is 0 Å². The number of hydrogen-bond donors (Lipinski definition) is 1. The molecule has 0 spiro atoms. The number of benzene rings is 1. The molecule has 0 aliphatic rings. The number of aryl methyl sites for hydroxylation is 1. The highest BCUT2D eigenvalue weighted by molar-refractivity contribution is 7.80. The van der Waals surface area contributed by atoms with Crippen LogP contribution in [0.2, 0.25) is 0 Å². The van der Waals surface area contributed by atoms with Gasteiger partial charge in [0.25, 0.3) is 0 Å². The van der Waals surface area contributed by atoms with E-state index in [1.807, 2.05) is 0 Å². The molecule has 1 rings (SSSR count). The van der Waals surface area contributed by atoms with Gasteiger partial charge < -0.3 is 0 Å². The van der Waals surface area contributed by atoms with Crippen LogP contribution in [0.4, 0.5) is 0 Å². The predicted molar refractivity (Wildman–Crippen MR) is 66.0 cm³/mol. The molecule has 0 atom stereocenters. The molecule has 0 saturated carbocycles. The van der Waals surface area contributed by atoms with Gasteiger partial charge >= 0.3 is 0 Å². The van der Waals surface area contributed by atoms with Crippen LogP contribution in [-0.4, -0.2) is 24.4 Å². The van der Waals surface area contributed by atoms with Gasteiger partial charge in [0.1, 0.15) is 0 Å². The van der Waals surface area contributed by atoms with Crippen LogP contribution in [0.15, 0.2) is 24.3 Å². The zero-order chi connectivity index (χ0) is 10.4. The molecule has 1 aromatic carbocycles. The summed E-state index contributed by atoms with van der Waals surface area (Å²) in [6, 6.07) is 8.89. The Kier molecular flexibility index (Phi) is 5.05. The number of thiol groups is 1. The van der Waals surface area contributed by atoms with E-state index in [4.69, 9.17) is 0 Å². The molecule has 0 heterocycles. The second-order valence-corrected chi connectivity index (χ2v) is 3.92. The molecular formula is C12H19NS. The van der Waals surface area contributed by atoms with Crippen molar-refractivity contribution in [2.24, 2.45) is 0 Å². The Bertz CT molecular complexity index is 256. The first kappa shape index (κ1) is 11.6. The second kappa shape index (κ2) is 6.10. The van der Waals surface area contributed by atoms with Crippen molar-refractivity contribution in [3.8, 4) is 0 Å². The molecule has 0 aliphatic carbocycles. The summed E-state index contributed by atoms with van der Waals surface area (Å²) in [5, 5.41) is 0. The highest BCUT2D eigenvalue weighted by atomic mass is 32.1. The molecule has 0 N–H and O–H groups in total. The first-order valence-electron chi connectivity index (χ1n) is 5.13. The SMILES string of the molecule is CCc1ccc(CCN(C)CS)cc1. The van der Waals surface area contributed by atoms with E-state index in [9.17, 15) is 0 Å². The van der Waals surface area contributed by atoms with Crippen LogP contribution in [0.25, 0.3) is 0 Å². The van der Waals surface area contributed by atoms with E-state index in [0.29, 0.717) is 0 Å². The number of rotatable bonds is 5. The standard InChI is InChI=1S/C12H19NS/c1-3-11-4-6-12(7-5-11)8-9-13(2)10-14/h4-7,14H,3,8-10H2,1-2H3. The molecule has 0 radical (unpaired) electrons. The summed E-state index contributed by atoms with van der Waals surface area (Å²) in [5.74, 6) is 0.826. The van der Waals surface area contributed by atoms with E-state index in [0.717, 1.165) is 25.3 Å². The molecule has 78 valence electrons. The Balaban J connectivity index is 2.43. The smallest absolute Gasteiger partial charge is 0.0411 e. The first-order chi connectivity index (χ1) is 6.76. The third-order valence-corrected chi connectivity index (χ3v) is 2.94. The summed E-state index contributed by atoms with van der Waals surface area (Å²) >= 11 is 4.22. The van der Waals surface area contributed by atoms with Crippen molar-refractivity contribution in [3.05, 3.63) is 35.4 Å². The summed E-state index contributed by atoms with van der Waals surface area (Å²) < 4.78 is 0. The van der Waals surface area contributed by atoms with Gasteiger partial charge in [0.05, 0.1) is 0 Å². The van der Waals surface area contributed by atoms with Crippen molar-refractivity contribution in [1.82, 2.24) is 4.90 Å². The topological polar surface area (TPSA) is 3.24 Å². The monoisotopic (exact) mass is 209 g/mol. The fourth-order valence-corrected chi connectivity index (χ4v) is 1.47. The predicted octanol–water partition coefficient (Wildman–Crippen LogP) is 2.61. The van der Waals surface area contributed by atoms with Gasteiger partial charge in [0, 0.05) is 12.4 Å². The van der Waals surface area contributed by atoms with Crippen LogP contribution in [0.5, 0.6) is 0 Å². The maximum absolute atomic E-state index is 4.22. The summed E-state index contributed by atoms with van der Waals surface area (Å²) in [6.45, 7) is 3.26. The molecule has 0 fully saturated rings. The normalized spacial score (nSPS) is 10.9. The van der Waals surface area contributed by atoms with Crippen LogP contribution in [0, 0.1) is 0 Å². The molecule has 0 aromatic heterocycles. The quantitative estimate of drug-likeness (QED) is 0.576. The Hall–Kier alpha value is -0.470. The third kappa shape index (κ3) is 3.72. The van der Waals surface area contributed by atoms with Crippen LogP contribution in [-0.2, 0) is 12.8 Å². The average molecular weight is 209 g/mol. The number of nitrogens with zero attached hydrogens (tertiary/aromatic N) is 1. The largest absolute Gasteiger partial charge is 0.297 e. The molecule has 14 heavy (non-hydrogen) atoms. The fourth-order valence-electron chi connectivity index (χ4n) is 1.33. The summed E-state index contributed by atoms with van der Waals surface area (Å²) in [6.07, 6.45) is 2.23. The number of likely N-dealkylation sites (N-methyl/N-ethyl adjacent to an activating group) is 1. The summed E-state index contributed by atoms with van der Waals surface area (Å²) in [7, 11) is 2.09. The van der Waals surface area contributed by atoms with Gasteiger partial charge in [0.15, 0.2) is 0 Å². The third-order valence-electron chi connectivity index (χ3n) is 2.45. The minimum Gasteiger partial charge on any atom is -0.297 e. The lowest BCUT2D eigenvalue weighted by atomic mass is 10.1. The maximum Gasteiger partial charge on any atom is 0.0411 e. The van der Waals surface area contributed by atoms with Gasteiger partial charge in [-0.2, -0.15) is 12.6 Å². The highest BCUT2D eigenvalue weighted by Crippen LogP contribution is 2.06. The second-order valence-electron chi connectivity index (χ2n) is 3.64. The van der Waals surface area contributed by atoms with E-state index in [1.165, 1.54) is 11.1 Å². The molecule has 0 aliphatic heterocycles. The number of hydrogen-bond acceptors (Lipinski definition) is 2. The van der Waals surface area contributed by atoms with E-state index in [1.54, 1.807) is 0 Å². The molecular weight excluding hydrogens is 190 g/mol. The van der Waals surface area contributed by atoms with Gasteiger partial charge in [-0.3, -0.25) is 4.90 Å². The Labute approximate surface area is 92.5 Å². The van der Waals surface area contributed by atoms with Crippen molar-refractivity contribution in [1.29, 1.82) is 0 Å². The Morgan fingerprint density at radius 1 is 1.14 bits per heavy atom. The average Bonchev–Trinajstić information content (AvgIpc) is 2.26. The van der Waals surface area contributed by atoms with Gasteiger partial charge in [-0.1, -0.05) is 31.2 Å². The molecule has 1 nitrogen and oxygen atoms in total. The van der Waals surface area contributed by atoms with Gasteiger partial charge in [-0.05, 0) is 31.0 Å². The first-order valence-corrected chi connectivity index (χ1v) is 5.76. The van der Waals surface area contributed by atoms with Gasteiger partial charge in [-0.25, -0.2) is 0 Å². The molecule has 2 heteroatoms. The summed E-state index contributed by atoms with van der Waals surface area (Å²) in [5.41, 5.74) is 2.83. The van der Waals surface area contributed by atoms with Gasteiger partial charge in [-0.15, -0.1) is 0 Å². The van der Waals surface area contributed by atoms with Crippen molar-refractivity contribution >= 4 is 12.6 Å².